The Labute approximate surface area is 156 Å². The molecular weight excluding hydrogens is 349 g/mol. The van der Waals surface area contributed by atoms with E-state index < -0.39 is 23.5 Å². The van der Waals surface area contributed by atoms with Crippen LogP contribution >= 0.6 is 0 Å². The van der Waals surface area contributed by atoms with Crippen LogP contribution in [0.3, 0.4) is 0 Å². The third-order valence-electron chi connectivity index (χ3n) is 4.37. The van der Waals surface area contributed by atoms with Crippen molar-refractivity contribution in [2.24, 2.45) is 0 Å². The van der Waals surface area contributed by atoms with Crippen molar-refractivity contribution >= 4 is 23.4 Å². The maximum Gasteiger partial charge on any atom is 0.312 e. The Morgan fingerprint density at radius 2 is 1.63 bits per heavy atom. The highest BCUT2D eigenvalue weighted by Crippen LogP contribution is 2.14. The molecule has 1 aliphatic rings. The van der Waals surface area contributed by atoms with Crippen LogP contribution in [-0.4, -0.2) is 47.2 Å². The molecule has 0 bridgehead atoms. The van der Waals surface area contributed by atoms with Gasteiger partial charge in [-0.2, -0.15) is 0 Å². The van der Waals surface area contributed by atoms with Crippen LogP contribution in [0.5, 0.6) is 0 Å². The van der Waals surface area contributed by atoms with Crippen LogP contribution in [0.25, 0.3) is 0 Å². The summed E-state index contributed by atoms with van der Waals surface area (Å²) in [6, 6.07) is 13.5. The van der Waals surface area contributed by atoms with Gasteiger partial charge in [-0.3, -0.25) is 14.4 Å². The Morgan fingerprint density at radius 1 is 1.00 bits per heavy atom. The number of hydrogen-bond acceptors (Lipinski definition) is 3. The summed E-state index contributed by atoms with van der Waals surface area (Å²) >= 11 is 0. The SMILES string of the molecule is Cc1ccc(CN2CCN(CC(=O)Nc3ccccc3F)C(=O)C2=O)cc1. The Morgan fingerprint density at radius 3 is 2.33 bits per heavy atom. The lowest BCUT2D eigenvalue weighted by atomic mass is 10.1. The third-order valence-corrected chi connectivity index (χ3v) is 4.37. The zero-order chi connectivity index (χ0) is 19.4. The highest BCUT2D eigenvalue weighted by molar-refractivity contribution is 6.35. The molecule has 27 heavy (non-hydrogen) atoms. The van der Waals surface area contributed by atoms with E-state index in [2.05, 4.69) is 5.32 Å². The number of halogens is 1. The van der Waals surface area contributed by atoms with Crippen LogP contribution in [0.4, 0.5) is 10.1 Å². The van der Waals surface area contributed by atoms with Gasteiger partial charge in [-0.1, -0.05) is 42.0 Å². The van der Waals surface area contributed by atoms with E-state index >= 15 is 0 Å². The highest BCUT2D eigenvalue weighted by Gasteiger charge is 2.33. The summed E-state index contributed by atoms with van der Waals surface area (Å²) < 4.78 is 13.6. The third kappa shape index (κ3) is 4.49. The predicted molar refractivity (Wildman–Crippen MR) is 98.2 cm³/mol. The largest absolute Gasteiger partial charge is 0.328 e. The maximum atomic E-state index is 13.6. The molecule has 7 heteroatoms. The van der Waals surface area contributed by atoms with Gasteiger partial charge in [0.25, 0.3) is 0 Å². The summed E-state index contributed by atoms with van der Waals surface area (Å²) in [5.74, 6) is -2.47. The zero-order valence-electron chi connectivity index (χ0n) is 14.9. The number of rotatable bonds is 5. The van der Waals surface area contributed by atoms with Crippen LogP contribution in [0.15, 0.2) is 48.5 Å². The number of aryl methyl sites for hydroxylation is 1. The van der Waals surface area contributed by atoms with Crippen molar-refractivity contribution in [3.05, 3.63) is 65.5 Å². The smallest absolute Gasteiger partial charge is 0.312 e. The summed E-state index contributed by atoms with van der Waals surface area (Å²) in [6.45, 7) is 2.62. The topological polar surface area (TPSA) is 69.7 Å². The number of carbonyl (C=O) groups excluding carboxylic acids is 3. The first-order chi connectivity index (χ1) is 12.9. The Balaban J connectivity index is 1.57. The summed E-state index contributed by atoms with van der Waals surface area (Å²) in [7, 11) is 0. The average molecular weight is 369 g/mol. The van der Waals surface area contributed by atoms with Gasteiger partial charge >= 0.3 is 11.8 Å². The van der Waals surface area contributed by atoms with E-state index in [1.54, 1.807) is 6.07 Å². The van der Waals surface area contributed by atoms with E-state index in [0.29, 0.717) is 13.1 Å². The van der Waals surface area contributed by atoms with Crippen molar-refractivity contribution in [2.45, 2.75) is 13.5 Å². The highest BCUT2D eigenvalue weighted by atomic mass is 19.1. The monoisotopic (exact) mass is 369 g/mol. The minimum absolute atomic E-state index is 0.0410. The van der Waals surface area contributed by atoms with Crippen LogP contribution in [0, 0.1) is 12.7 Å². The van der Waals surface area contributed by atoms with Crippen molar-refractivity contribution < 1.29 is 18.8 Å². The molecule has 0 unspecified atom stereocenters. The van der Waals surface area contributed by atoms with E-state index in [9.17, 15) is 18.8 Å². The molecular formula is C20H20FN3O3. The summed E-state index contributed by atoms with van der Waals surface area (Å²) in [5.41, 5.74) is 2.10. The fourth-order valence-electron chi connectivity index (χ4n) is 2.86. The maximum absolute atomic E-state index is 13.6. The molecule has 1 aliphatic heterocycles. The average Bonchev–Trinajstić information content (AvgIpc) is 2.65. The normalized spacial score (nSPS) is 14.4. The molecule has 0 saturated carbocycles. The molecule has 2 aromatic rings. The van der Waals surface area contributed by atoms with Crippen LogP contribution in [0.1, 0.15) is 11.1 Å². The second-order valence-corrected chi connectivity index (χ2v) is 6.47. The van der Waals surface area contributed by atoms with Crippen LogP contribution < -0.4 is 5.32 Å². The second-order valence-electron chi connectivity index (χ2n) is 6.47. The Kier molecular flexibility index (Phi) is 5.49. The van der Waals surface area contributed by atoms with Crippen molar-refractivity contribution in [2.75, 3.05) is 25.0 Å². The quantitative estimate of drug-likeness (QED) is 0.819. The van der Waals surface area contributed by atoms with Crippen molar-refractivity contribution in [3.63, 3.8) is 0 Å². The number of nitrogens with one attached hydrogen (secondary N) is 1. The summed E-state index contributed by atoms with van der Waals surface area (Å²) in [5, 5.41) is 2.42. The molecule has 0 radical (unpaired) electrons. The number of carbonyl (C=O) groups is 3. The Bertz CT molecular complexity index is 867. The number of amides is 3. The molecule has 1 saturated heterocycles. The second kappa shape index (κ2) is 7.99. The molecule has 0 spiro atoms. The van der Waals surface area contributed by atoms with Gasteiger partial charge in [-0.25, -0.2) is 4.39 Å². The van der Waals surface area contributed by atoms with Gasteiger partial charge in [-0.05, 0) is 24.6 Å². The molecule has 0 aliphatic carbocycles. The Hall–Kier alpha value is -3.22. The molecule has 3 amide bonds. The van der Waals surface area contributed by atoms with Crippen LogP contribution in [-0.2, 0) is 20.9 Å². The van der Waals surface area contributed by atoms with Gasteiger partial charge in [0.1, 0.15) is 12.4 Å². The first-order valence-electron chi connectivity index (χ1n) is 8.62. The number of nitrogens with zero attached hydrogens (tertiary/aromatic N) is 2. The molecule has 2 aromatic carbocycles. The number of anilines is 1. The standard InChI is InChI=1S/C20H20FN3O3/c1-14-6-8-15(9-7-14)12-23-10-11-24(20(27)19(23)26)13-18(25)22-17-5-3-2-4-16(17)21/h2-9H,10-13H2,1H3,(H,22,25). The van der Waals surface area contributed by atoms with Gasteiger partial charge in [0, 0.05) is 19.6 Å². The van der Waals surface area contributed by atoms with E-state index in [0.717, 1.165) is 11.1 Å². The molecule has 6 nitrogen and oxygen atoms in total. The number of benzene rings is 2. The van der Waals surface area contributed by atoms with Gasteiger partial charge in [0.2, 0.25) is 5.91 Å². The number of hydrogen-bond donors (Lipinski definition) is 1. The molecule has 0 aromatic heterocycles. The minimum atomic E-state index is -0.725. The van der Waals surface area contributed by atoms with E-state index in [1.165, 1.54) is 28.0 Å². The molecule has 0 atom stereocenters. The lowest BCUT2D eigenvalue weighted by Crippen LogP contribution is -2.55. The molecule has 1 N–H and O–H groups in total. The zero-order valence-corrected chi connectivity index (χ0v) is 14.9. The van der Waals surface area contributed by atoms with Crippen LogP contribution in [0.2, 0.25) is 0 Å². The first-order valence-corrected chi connectivity index (χ1v) is 8.62. The summed E-state index contributed by atoms with van der Waals surface area (Å²) in [6.07, 6.45) is 0. The molecule has 140 valence electrons. The molecule has 3 rings (SSSR count). The first kappa shape index (κ1) is 18.6. The predicted octanol–water partition coefficient (Wildman–Crippen LogP) is 1.94. The van der Waals surface area contributed by atoms with E-state index in [1.807, 2.05) is 31.2 Å². The van der Waals surface area contributed by atoms with Crippen molar-refractivity contribution in [3.8, 4) is 0 Å². The fourth-order valence-corrected chi connectivity index (χ4v) is 2.86. The lowest BCUT2D eigenvalue weighted by Gasteiger charge is -2.33. The van der Waals surface area contributed by atoms with Gasteiger partial charge < -0.3 is 15.1 Å². The van der Waals surface area contributed by atoms with E-state index in [4.69, 9.17) is 0 Å². The number of piperazine rings is 1. The molecule has 1 heterocycles. The van der Waals surface area contributed by atoms with Gasteiger partial charge in [-0.15, -0.1) is 0 Å². The lowest BCUT2D eigenvalue weighted by molar-refractivity contribution is -0.157. The van der Waals surface area contributed by atoms with Gasteiger partial charge in [0.15, 0.2) is 0 Å². The fraction of sp³-hybridized carbons (Fsp3) is 0.250. The molecule has 1 fully saturated rings. The van der Waals surface area contributed by atoms with Gasteiger partial charge in [0.05, 0.1) is 5.69 Å². The van der Waals surface area contributed by atoms with Crippen molar-refractivity contribution in [1.82, 2.24) is 9.80 Å². The minimum Gasteiger partial charge on any atom is -0.328 e. The van der Waals surface area contributed by atoms with E-state index in [-0.39, 0.29) is 18.8 Å². The van der Waals surface area contributed by atoms with Crippen molar-refractivity contribution in [1.29, 1.82) is 0 Å². The number of para-hydroxylation sites is 1. The summed E-state index contributed by atoms with van der Waals surface area (Å²) in [4.78, 5) is 39.4.